The highest BCUT2D eigenvalue weighted by atomic mass is 14.4. The molecule has 2 rings (SSSR count). The van der Waals surface area contributed by atoms with Crippen LogP contribution in [0.15, 0.2) is 12.2 Å². The predicted molar refractivity (Wildman–Crippen MR) is 98.4 cm³/mol. The van der Waals surface area contributed by atoms with E-state index in [1.807, 2.05) is 0 Å². The fourth-order valence-electron chi connectivity index (χ4n) is 2.32. The second-order valence-electron chi connectivity index (χ2n) is 8.64. The number of hydrogen-bond acceptors (Lipinski definition) is 0. The van der Waals surface area contributed by atoms with Gasteiger partial charge in [0.2, 0.25) is 0 Å². The number of fused-ring (bicyclic) bond motifs is 2. The minimum absolute atomic E-state index is 0.852. The fourth-order valence-corrected chi connectivity index (χ4v) is 2.32. The van der Waals surface area contributed by atoms with Gasteiger partial charge in [0, 0.05) is 0 Å². The molecule has 0 N–H and O–H groups in total. The molecule has 1 fully saturated rings. The van der Waals surface area contributed by atoms with Crippen molar-refractivity contribution >= 4 is 0 Å². The topological polar surface area (TPSA) is 0 Å². The maximum atomic E-state index is 2.41. The van der Waals surface area contributed by atoms with E-state index in [2.05, 4.69) is 81.4 Å². The molecule has 0 aromatic heterocycles. The van der Waals surface area contributed by atoms with Crippen molar-refractivity contribution in [3.63, 3.8) is 0 Å². The Morgan fingerprint density at radius 3 is 0.905 bits per heavy atom. The third kappa shape index (κ3) is 7.52. The van der Waals surface area contributed by atoms with Gasteiger partial charge in [-0.25, -0.2) is 0 Å². The second-order valence-corrected chi connectivity index (χ2v) is 8.64. The molecule has 0 spiro atoms. The molecule has 0 unspecified atom stereocenters. The molecule has 0 nitrogen and oxygen atoms in total. The summed E-state index contributed by atoms with van der Waals surface area (Å²) >= 11 is 0. The Morgan fingerprint density at radius 1 is 0.571 bits per heavy atom. The lowest BCUT2D eigenvalue weighted by Crippen LogP contribution is -2.12. The summed E-state index contributed by atoms with van der Waals surface area (Å²) in [6.45, 7) is 22.7. The highest BCUT2D eigenvalue weighted by Gasteiger charge is 2.38. The van der Waals surface area contributed by atoms with Crippen molar-refractivity contribution in [2.45, 2.75) is 75.7 Å². The molecular formula is C21H42. The second kappa shape index (κ2) is 9.70. The van der Waals surface area contributed by atoms with Crippen LogP contribution in [0.3, 0.4) is 0 Å². The molecule has 2 bridgehead atoms. The van der Waals surface area contributed by atoms with Gasteiger partial charge in [-0.05, 0) is 53.8 Å². The van der Waals surface area contributed by atoms with Crippen molar-refractivity contribution in [1.29, 1.82) is 0 Å². The molecule has 0 radical (unpaired) electrons. The van der Waals surface area contributed by atoms with Crippen LogP contribution < -0.4 is 0 Å². The molecule has 2 aliphatic rings. The summed E-state index contributed by atoms with van der Waals surface area (Å²) in [5.74, 6) is 7.19. The molecular weight excluding hydrogens is 252 g/mol. The van der Waals surface area contributed by atoms with Crippen LogP contribution in [-0.2, 0) is 0 Å². The Balaban J connectivity index is 0.000000300. The maximum Gasteiger partial charge on any atom is -0.0199 e. The molecule has 0 amide bonds. The largest absolute Gasteiger partial charge is 0.0848 e. The average Bonchev–Trinajstić information content (AvgIpc) is 2.95. The van der Waals surface area contributed by atoms with Crippen molar-refractivity contribution < 1.29 is 0 Å². The van der Waals surface area contributed by atoms with Crippen LogP contribution in [0.25, 0.3) is 0 Å². The average molecular weight is 295 g/mol. The molecule has 0 saturated heterocycles. The molecule has 1 saturated carbocycles. The molecule has 21 heavy (non-hydrogen) atoms. The Labute approximate surface area is 135 Å². The Hall–Kier alpha value is -0.260. The van der Waals surface area contributed by atoms with Crippen molar-refractivity contribution in [2.75, 3.05) is 0 Å². The monoisotopic (exact) mass is 294 g/mol. The van der Waals surface area contributed by atoms with E-state index in [0.29, 0.717) is 0 Å². The lowest BCUT2D eigenvalue weighted by atomic mass is 9.86. The van der Waals surface area contributed by atoms with Gasteiger partial charge >= 0.3 is 0 Å². The summed E-state index contributed by atoms with van der Waals surface area (Å²) < 4.78 is 0. The van der Waals surface area contributed by atoms with Crippen LogP contribution in [0.5, 0.6) is 0 Å². The van der Waals surface area contributed by atoms with Gasteiger partial charge in [0.15, 0.2) is 0 Å². The zero-order chi connectivity index (χ0) is 16.7. The smallest absolute Gasteiger partial charge is 0.0199 e. The van der Waals surface area contributed by atoms with Crippen molar-refractivity contribution in [3.05, 3.63) is 12.2 Å². The van der Waals surface area contributed by atoms with Crippen LogP contribution in [0.1, 0.15) is 75.7 Å². The first-order valence-electron chi connectivity index (χ1n) is 9.26. The first-order valence-corrected chi connectivity index (χ1v) is 9.26. The van der Waals surface area contributed by atoms with E-state index in [9.17, 15) is 0 Å². The Kier molecular flexibility index (Phi) is 9.58. The van der Waals surface area contributed by atoms with Gasteiger partial charge in [-0.3, -0.25) is 0 Å². The minimum Gasteiger partial charge on any atom is -0.0848 e. The molecule has 4 atom stereocenters. The van der Waals surface area contributed by atoms with Gasteiger partial charge in [-0.1, -0.05) is 81.4 Å². The zero-order valence-corrected chi connectivity index (χ0v) is 16.5. The molecule has 0 heteroatoms. The maximum absolute atomic E-state index is 2.41. The quantitative estimate of drug-likeness (QED) is 0.478. The van der Waals surface area contributed by atoms with Crippen molar-refractivity contribution in [1.82, 2.24) is 0 Å². The van der Waals surface area contributed by atoms with E-state index >= 15 is 0 Å². The molecule has 126 valence electrons. The fraction of sp³-hybridized carbons (Fsp3) is 0.905. The van der Waals surface area contributed by atoms with Gasteiger partial charge in [-0.15, -0.1) is 0 Å². The summed E-state index contributed by atoms with van der Waals surface area (Å²) in [6, 6.07) is 0. The van der Waals surface area contributed by atoms with Crippen LogP contribution in [0, 0.1) is 47.3 Å². The normalized spacial score (nSPS) is 29.8. The highest BCUT2D eigenvalue weighted by molar-refractivity contribution is 5.11. The third-order valence-electron chi connectivity index (χ3n) is 6.00. The van der Waals surface area contributed by atoms with E-state index in [4.69, 9.17) is 0 Å². The SMILES string of the molecule is CC(C)C(C)C.CC(C)C(C)C.C[C@H]1[C@H](C)[C@H]2C=C[C@@H]1C2. The van der Waals surface area contributed by atoms with Gasteiger partial charge < -0.3 is 0 Å². The number of allylic oxidation sites excluding steroid dienone is 2. The minimum atomic E-state index is 0.852. The molecule has 2 aliphatic carbocycles. The first-order chi connectivity index (χ1) is 9.57. The summed E-state index contributed by atoms with van der Waals surface area (Å²) in [4.78, 5) is 0. The third-order valence-corrected chi connectivity index (χ3v) is 6.00. The first kappa shape index (κ1) is 20.7. The van der Waals surface area contributed by atoms with E-state index < -0.39 is 0 Å². The zero-order valence-electron chi connectivity index (χ0n) is 16.5. The Bertz CT molecular complexity index is 242. The van der Waals surface area contributed by atoms with E-state index in [0.717, 1.165) is 47.3 Å². The van der Waals surface area contributed by atoms with Crippen LogP contribution in [0.4, 0.5) is 0 Å². The summed E-state index contributed by atoms with van der Waals surface area (Å²) in [6.07, 6.45) is 6.27. The van der Waals surface area contributed by atoms with E-state index in [1.54, 1.807) is 0 Å². The molecule has 0 aliphatic heterocycles. The van der Waals surface area contributed by atoms with Gasteiger partial charge in [0.05, 0.1) is 0 Å². The van der Waals surface area contributed by atoms with Crippen LogP contribution >= 0.6 is 0 Å². The van der Waals surface area contributed by atoms with Gasteiger partial charge in [0.1, 0.15) is 0 Å². The van der Waals surface area contributed by atoms with Crippen molar-refractivity contribution in [3.8, 4) is 0 Å². The van der Waals surface area contributed by atoms with Gasteiger partial charge in [-0.2, -0.15) is 0 Å². The number of hydrogen-bond donors (Lipinski definition) is 0. The molecule has 0 aromatic carbocycles. The Morgan fingerprint density at radius 2 is 0.810 bits per heavy atom. The van der Waals surface area contributed by atoms with Crippen LogP contribution in [0.2, 0.25) is 0 Å². The summed E-state index contributed by atoms with van der Waals surface area (Å²) in [7, 11) is 0. The summed E-state index contributed by atoms with van der Waals surface area (Å²) in [5, 5.41) is 0. The summed E-state index contributed by atoms with van der Waals surface area (Å²) in [5.41, 5.74) is 0. The number of rotatable bonds is 2. The van der Waals surface area contributed by atoms with Gasteiger partial charge in [0.25, 0.3) is 0 Å². The predicted octanol–water partition coefficient (Wildman–Crippen LogP) is 7.06. The van der Waals surface area contributed by atoms with E-state index in [1.165, 1.54) is 6.42 Å². The van der Waals surface area contributed by atoms with Crippen LogP contribution in [-0.4, -0.2) is 0 Å². The molecule has 0 heterocycles. The standard InChI is InChI=1S/C9H14.2C6H14/c1-6-7(2)9-4-3-8(6)5-9;2*1-5(2)6(3)4/h3-4,6-9H,5H2,1-2H3;2*5-6H,1-4H3/t6-,7-,8-,9+;;/m0../s1. The van der Waals surface area contributed by atoms with E-state index in [-0.39, 0.29) is 0 Å². The lowest BCUT2D eigenvalue weighted by molar-refractivity contribution is 0.364. The highest BCUT2D eigenvalue weighted by Crippen LogP contribution is 2.47. The van der Waals surface area contributed by atoms with Crippen molar-refractivity contribution in [2.24, 2.45) is 47.3 Å². The molecule has 0 aromatic rings. The lowest BCUT2D eigenvalue weighted by Gasteiger charge is -2.19.